The van der Waals surface area contributed by atoms with Crippen molar-refractivity contribution in [1.82, 2.24) is 9.97 Å². The third kappa shape index (κ3) is 1.93. The first-order chi connectivity index (χ1) is 9.20. The Morgan fingerprint density at radius 2 is 2.16 bits per heavy atom. The average Bonchev–Trinajstić information content (AvgIpc) is 2.55. The Bertz CT molecular complexity index is 622. The Hall–Kier alpha value is -2.10. The number of nitrogens with one attached hydrogen (secondary N) is 1. The highest BCUT2D eigenvalue weighted by Gasteiger charge is 2.22. The Morgan fingerprint density at radius 1 is 1.32 bits per heavy atom. The first-order valence-corrected chi connectivity index (χ1v) is 6.64. The van der Waals surface area contributed by atoms with Crippen LogP contribution >= 0.6 is 0 Å². The van der Waals surface area contributed by atoms with Crippen LogP contribution in [-0.4, -0.2) is 16.5 Å². The van der Waals surface area contributed by atoms with Gasteiger partial charge in [-0.3, -0.25) is 0 Å². The summed E-state index contributed by atoms with van der Waals surface area (Å²) in [5.41, 5.74) is 4.59. The number of rotatable bonds is 1. The smallest absolute Gasteiger partial charge is 0.158 e. The molecule has 2 aromatic heterocycles. The molecule has 3 rings (SSSR count). The van der Waals surface area contributed by atoms with Gasteiger partial charge in [-0.2, -0.15) is 0 Å². The maximum absolute atomic E-state index is 4.71. The van der Waals surface area contributed by atoms with E-state index in [1.807, 2.05) is 19.2 Å². The third-order valence-corrected chi connectivity index (χ3v) is 3.48. The highest BCUT2D eigenvalue weighted by atomic mass is 15.3. The van der Waals surface area contributed by atoms with Crippen LogP contribution in [0.5, 0.6) is 0 Å². The third-order valence-electron chi connectivity index (χ3n) is 3.48. The zero-order valence-electron chi connectivity index (χ0n) is 11.6. The van der Waals surface area contributed by atoms with E-state index in [-0.39, 0.29) is 0 Å². The Balaban J connectivity index is 2.23. The topological polar surface area (TPSA) is 41.1 Å². The lowest BCUT2D eigenvalue weighted by atomic mass is 10.2. The number of fused-ring (bicyclic) bond motifs is 2. The summed E-state index contributed by atoms with van der Waals surface area (Å²) < 4.78 is 0. The molecule has 2 aromatic rings. The van der Waals surface area contributed by atoms with E-state index in [2.05, 4.69) is 41.2 Å². The predicted molar refractivity (Wildman–Crippen MR) is 78.0 cm³/mol. The van der Waals surface area contributed by atoms with Crippen LogP contribution < -0.4 is 10.2 Å². The summed E-state index contributed by atoms with van der Waals surface area (Å²) in [4.78, 5) is 11.4. The van der Waals surface area contributed by atoms with E-state index in [1.54, 1.807) is 0 Å². The van der Waals surface area contributed by atoms with Crippen molar-refractivity contribution in [1.29, 1.82) is 0 Å². The molecule has 0 atom stereocenters. The molecule has 0 saturated carbocycles. The number of nitrogens with zero attached hydrogens (tertiary/aromatic N) is 3. The second-order valence-electron chi connectivity index (χ2n) is 4.86. The normalized spacial score (nSPS) is 13.3. The molecule has 0 aromatic carbocycles. The highest BCUT2D eigenvalue weighted by Crippen LogP contribution is 2.36. The van der Waals surface area contributed by atoms with Gasteiger partial charge in [0.25, 0.3) is 0 Å². The monoisotopic (exact) mass is 254 g/mol. The van der Waals surface area contributed by atoms with Gasteiger partial charge in [0.15, 0.2) is 5.82 Å². The maximum Gasteiger partial charge on any atom is 0.158 e. The van der Waals surface area contributed by atoms with Gasteiger partial charge < -0.3 is 10.2 Å². The quantitative estimate of drug-likeness (QED) is 0.848. The summed E-state index contributed by atoms with van der Waals surface area (Å²) in [7, 11) is 0. The first kappa shape index (κ1) is 12.0. The molecule has 0 aliphatic carbocycles. The number of pyridine rings is 2. The minimum atomic E-state index is 0.790. The molecule has 0 bridgehead atoms. The van der Waals surface area contributed by atoms with Crippen LogP contribution in [0.4, 0.5) is 17.3 Å². The van der Waals surface area contributed by atoms with Crippen molar-refractivity contribution in [2.75, 3.05) is 16.8 Å². The lowest BCUT2D eigenvalue weighted by molar-refractivity contribution is 0.950. The maximum atomic E-state index is 4.71. The van der Waals surface area contributed by atoms with Gasteiger partial charge in [-0.05, 0) is 38.5 Å². The summed E-state index contributed by atoms with van der Waals surface area (Å²) in [5.74, 6) is 1.99. The summed E-state index contributed by atoms with van der Waals surface area (Å²) in [6.07, 6.45) is 1.84. The largest absolute Gasteiger partial charge is 0.378 e. The van der Waals surface area contributed by atoms with E-state index in [0.717, 1.165) is 36.1 Å². The molecule has 1 N–H and O–H groups in total. The molecule has 1 aliphatic heterocycles. The van der Waals surface area contributed by atoms with Gasteiger partial charge in [-0.1, -0.05) is 6.07 Å². The summed E-state index contributed by atoms with van der Waals surface area (Å²) in [6, 6.07) is 6.21. The molecule has 0 radical (unpaired) electrons. The number of anilines is 3. The van der Waals surface area contributed by atoms with Gasteiger partial charge in [-0.15, -0.1) is 0 Å². The summed E-state index contributed by atoms with van der Waals surface area (Å²) >= 11 is 0. The van der Waals surface area contributed by atoms with Crippen LogP contribution in [0.2, 0.25) is 0 Å². The minimum Gasteiger partial charge on any atom is -0.378 e. The van der Waals surface area contributed by atoms with Crippen LogP contribution in [0.25, 0.3) is 0 Å². The molecular formula is C15H18N4. The molecule has 0 amide bonds. The molecule has 0 fully saturated rings. The van der Waals surface area contributed by atoms with E-state index < -0.39 is 0 Å². The van der Waals surface area contributed by atoms with E-state index in [1.165, 1.54) is 11.1 Å². The molecule has 98 valence electrons. The van der Waals surface area contributed by atoms with Crippen LogP contribution in [0.1, 0.15) is 23.7 Å². The van der Waals surface area contributed by atoms with E-state index in [9.17, 15) is 0 Å². The van der Waals surface area contributed by atoms with E-state index in [0.29, 0.717) is 0 Å². The SMILES string of the molecule is CCN1c2ncccc2CNc2c(C)cc(C)nc21. The fourth-order valence-electron chi connectivity index (χ4n) is 2.63. The number of aryl methyl sites for hydroxylation is 2. The van der Waals surface area contributed by atoms with Crippen molar-refractivity contribution in [3.8, 4) is 0 Å². The number of hydrogen-bond donors (Lipinski definition) is 1. The van der Waals surface area contributed by atoms with Crippen LogP contribution in [0, 0.1) is 13.8 Å². The summed E-state index contributed by atoms with van der Waals surface area (Å²) in [5, 5.41) is 3.50. The van der Waals surface area contributed by atoms with Crippen molar-refractivity contribution in [2.45, 2.75) is 27.3 Å². The molecule has 0 spiro atoms. The van der Waals surface area contributed by atoms with Gasteiger partial charge in [-0.25, -0.2) is 9.97 Å². The zero-order chi connectivity index (χ0) is 13.4. The molecule has 4 nitrogen and oxygen atoms in total. The predicted octanol–water partition coefficient (Wildman–Crippen LogP) is 3.18. The molecule has 0 saturated heterocycles. The minimum absolute atomic E-state index is 0.790. The van der Waals surface area contributed by atoms with Gasteiger partial charge in [0, 0.05) is 30.5 Å². The van der Waals surface area contributed by atoms with Crippen molar-refractivity contribution >= 4 is 17.3 Å². The molecule has 0 unspecified atom stereocenters. The van der Waals surface area contributed by atoms with Crippen LogP contribution in [0.15, 0.2) is 24.4 Å². The average molecular weight is 254 g/mol. The molecule has 4 heteroatoms. The summed E-state index contributed by atoms with van der Waals surface area (Å²) in [6.45, 7) is 7.93. The van der Waals surface area contributed by atoms with Gasteiger partial charge in [0.05, 0.1) is 5.69 Å². The Morgan fingerprint density at radius 3 is 2.95 bits per heavy atom. The second-order valence-corrected chi connectivity index (χ2v) is 4.86. The first-order valence-electron chi connectivity index (χ1n) is 6.64. The molecule has 1 aliphatic rings. The van der Waals surface area contributed by atoms with E-state index in [4.69, 9.17) is 4.98 Å². The lowest BCUT2D eigenvalue weighted by Crippen LogP contribution is -2.19. The van der Waals surface area contributed by atoms with Crippen molar-refractivity contribution in [2.24, 2.45) is 0 Å². The van der Waals surface area contributed by atoms with Crippen LogP contribution in [0.3, 0.4) is 0 Å². The molecular weight excluding hydrogens is 236 g/mol. The van der Waals surface area contributed by atoms with Crippen molar-refractivity contribution < 1.29 is 0 Å². The van der Waals surface area contributed by atoms with Gasteiger partial charge >= 0.3 is 0 Å². The van der Waals surface area contributed by atoms with E-state index >= 15 is 0 Å². The molecule has 19 heavy (non-hydrogen) atoms. The highest BCUT2D eigenvalue weighted by molar-refractivity contribution is 5.77. The van der Waals surface area contributed by atoms with Gasteiger partial charge in [0.1, 0.15) is 5.82 Å². The fraction of sp³-hybridized carbons (Fsp3) is 0.333. The Labute approximate surface area is 113 Å². The second kappa shape index (κ2) is 4.53. The zero-order valence-corrected chi connectivity index (χ0v) is 11.6. The number of aromatic nitrogens is 2. The van der Waals surface area contributed by atoms with Crippen molar-refractivity contribution in [3.63, 3.8) is 0 Å². The van der Waals surface area contributed by atoms with Gasteiger partial charge in [0.2, 0.25) is 0 Å². The van der Waals surface area contributed by atoms with Crippen LogP contribution in [-0.2, 0) is 6.54 Å². The Kier molecular flexibility index (Phi) is 2.85. The van der Waals surface area contributed by atoms with Crippen molar-refractivity contribution in [3.05, 3.63) is 41.2 Å². The lowest BCUT2D eigenvalue weighted by Gasteiger charge is -2.23. The standard InChI is InChI=1S/C15H18N4/c1-4-19-14-12(6-5-7-16-14)9-17-13-10(2)8-11(3)18-15(13)19/h5-8,17H,4,9H2,1-3H3. The fourth-order valence-corrected chi connectivity index (χ4v) is 2.63. The molecule has 3 heterocycles. The number of hydrogen-bond acceptors (Lipinski definition) is 4.